The Bertz CT molecular complexity index is 1160. The second-order valence-corrected chi connectivity index (χ2v) is 10.1. The number of nitrogens with one attached hydrogen (secondary N) is 1. The minimum absolute atomic E-state index is 0.256. The van der Waals surface area contributed by atoms with Crippen molar-refractivity contribution in [1.29, 1.82) is 0 Å². The molecule has 0 spiro atoms. The maximum absolute atomic E-state index is 12.7. The highest BCUT2D eigenvalue weighted by Gasteiger charge is 2.26. The Morgan fingerprint density at radius 3 is 2.44 bits per heavy atom. The molecular formula is C21H22N4O5S2. The van der Waals surface area contributed by atoms with E-state index in [1.807, 2.05) is 18.2 Å². The molecule has 0 unspecified atom stereocenters. The fourth-order valence-corrected chi connectivity index (χ4v) is 5.68. The van der Waals surface area contributed by atoms with Gasteiger partial charge in [-0.2, -0.15) is 9.41 Å². The van der Waals surface area contributed by atoms with Crippen molar-refractivity contribution >= 4 is 38.4 Å². The molecule has 0 amide bonds. The molecule has 3 aliphatic rings. The lowest BCUT2D eigenvalue weighted by Crippen LogP contribution is -2.40. The van der Waals surface area contributed by atoms with Crippen LogP contribution in [0.3, 0.4) is 0 Å². The number of benzene rings is 2. The van der Waals surface area contributed by atoms with Gasteiger partial charge < -0.3 is 14.2 Å². The number of hydrogen-bond donors (Lipinski definition) is 1. The highest BCUT2D eigenvalue weighted by Crippen LogP contribution is 2.31. The van der Waals surface area contributed by atoms with Crippen LogP contribution < -0.4 is 14.9 Å². The zero-order chi connectivity index (χ0) is 22.0. The van der Waals surface area contributed by atoms with Crippen LogP contribution in [0.5, 0.6) is 11.5 Å². The second-order valence-electron chi connectivity index (χ2n) is 7.24. The first-order valence-electron chi connectivity index (χ1n) is 10.2. The van der Waals surface area contributed by atoms with Crippen LogP contribution in [0, 0.1) is 0 Å². The van der Waals surface area contributed by atoms with E-state index in [1.165, 1.54) is 16.1 Å². The zero-order valence-electron chi connectivity index (χ0n) is 17.2. The molecule has 5 rings (SSSR count). The predicted octanol–water partition coefficient (Wildman–Crippen LogP) is 2.21. The number of sulfonamides is 1. The van der Waals surface area contributed by atoms with Crippen LogP contribution in [-0.2, 0) is 14.8 Å². The minimum atomic E-state index is -3.51. The SMILES string of the molecule is O=S(=O)(c1ccc(N=C2NN=C(c3ccc4c(c3)OCCO4)CS2)cc1)N1CCOCC1. The van der Waals surface area contributed by atoms with Crippen LogP contribution in [0.25, 0.3) is 0 Å². The molecule has 2 aromatic carbocycles. The van der Waals surface area contributed by atoms with E-state index in [0.717, 1.165) is 22.8 Å². The fraction of sp³-hybridized carbons (Fsp3) is 0.333. The van der Waals surface area contributed by atoms with E-state index in [0.29, 0.717) is 56.1 Å². The number of morpholine rings is 1. The van der Waals surface area contributed by atoms with Crippen LogP contribution in [-0.4, -0.2) is 68.9 Å². The van der Waals surface area contributed by atoms with Crippen molar-refractivity contribution in [2.75, 3.05) is 45.3 Å². The lowest BCUT2D eigenvalue weighted by Gasteiger charge is -2.26. The van der Waals surface area contributed by atoms with Crippen molar-refractivity contribution in [3.05, 3.63) is 48.0 Å². The van der Waals surface area contributed by atoms with Crippen LogP contribution in [0.4, 0.5) is 5.69 Å². The number of hydrogen-bond acceptors (Lipinski definition) is 8. The van der Waals surface area contributed by atoms with Crippen LogP contribution in [0.1, 0.15) is 5.56 Å². The highest BCUT2D eigenvalue weighted by molar-refractivity contribution is 8.14. The van der Waals surface area contributed by atoms with E-state index < -0.39 is 10.0 Å². The van der Waals surface area contributed by atoms with Gasteiger partial charge in [0.15, 0.2) is 16.7 Å². The standard InChI is InChI=1S/C21H22N4O5S2/c26-32(27,25-7-9-28-10-8-25)17-4-2-16(3-5-17)22-21-24-23-18(14-31-21)15-1-6-19-20(13-15)30-12-11-29-19/h1-6,13H,7-12,14H2,(H,22,24). The molecule has 2 aromatic rings. The van der Waals surface area contributed by atoms with Crippen molar-refractivity contribution in [2.24, 2.45) is 10.1 Å². The molecule has 1 N–H and O–H groups in total. The molecular weight excluding hydrogens is 452 g/mol. The zero-order valence-corrected chi connectivity index (χ0v) is 18.8. The quantitative estimate of drug-likeness (QED) is 0.725. The number of thioether (sulfide) groups is 1. The third-order valence-electron chi connectivity index (χ3n) is 5.18. The van der Waals surface area contributed by atoms with Gasteiger partial charge in [0.2, 0.25) is 10.0 Å². The second kappa shape index (κ2) is 9.10. The van der Waals surface area contributed by atoms with Crippen molar-refractivity contribution in [3.8, 4) is 11.5 Å². The van der Waals surface area contributed by atoms with Crippen molar-refractivity contribution in [3.63, 3.8) is 0 Å². The number of nitrogens with zero attached hydrogens (tertiary/aromatic N) is 3. The summed E-state index contributed by atoms with van der Waals surface area (Å²) in [6.07, 6.45) is 0. The Kier molecular flexibility index (Phi) is 6.05. The normalized spacial score (nSPS) is 20.5. The summed E-state index contributed by atoms with van der Waals surface area (Å²) < 4.78 is 43.4. The first-order valence-corrected chi connectivity index (χ1v) is 12.6. The molecule has 0 bridgehead atoms. The van der Waals surface area contributed by atoms with E-state index >= 15 is 0 Å². The van der Waals surface area contributed by atoms with Gasteiger partial charge >= 0.3 is 0 Å². The van der Waals surface area contributed by atoms with Crippen LogP contribution in [0.15, 0.2) is 57.5 Å². The Morgan fingerprint density at radius 1 is 0.969 bits per heavy atom. The van der Waals surface area contributed by atoms with Crippen LogP contribution in [0.2, 0.25) is 0 Å². The number of ether oxygens (including phenoxy) is 3. The van der Waals surface area contributed by atoms with Gasteiger partial charge in [0.1, 0.15) is 13.2 Å². The number of hydrazone groups is 1. The Morgan fingerprint density at radius 2 is 1.72 bits per heavy atom. The maximum atomic E-state index is 12.7. The third-order valence-corrected chi connectivity index (χ3v) is 7.97. The molecule has 11 heteroatoms. The maximum Gasteiger partial charge on any atom is 0.243 e. The van der Waals surface area contributed by atoms with E-state index in [2.05, 4.69) is 15.5 Å². The summed E-state index contributed by atoms with van der Waals surface area (Å²) in [4.78, 5) is 4.80. The summed E-state index contributed by atoms with van der Waals surface area (Å²) in [6.45, 7) is 2.68. The van der Waals surface area contributed by atoms with E-state index in [-0.39, 0.29) is 4.90 Å². The predicted molar refractivity (Wildman–Crippen MR) is 123 cm³/mol. The van der Waals surface area contributed by atoms with Gasteiger partial charge in [0.25, 0.3) is 0 Å². The number of amidine groups is 1. The van der Waals surface area contributed by atoms with Crippen molar-refractivity contribution in [2.45, 2.75) is 4.90 Å². The van der Waals surface area contributed by atoms with Crippen molar-refractivity contribution in [1.82, 2.24) is 9.73 Å². The van der Waals surface area contributed by atoms with Gasteiger partial charge in [-0.05, 0) is 42.5 Å². The van der Waals surface area contributed by atoms with Gasteiger partial charge in [-0.25, -0.2) is 13.4 Å². The molecule has 3 heterocycles. The highest BCUT2D eigenvalue weighted by atomic mass is 32.2. The molecule has 0 atom stereocenters. The Labute approximate surface area is 190 Å². The largest absolute Gasteiger partial charge is 0.486 e. The van der Waals surface area contributed by atoms with Gasteiger partial charge in [0.05, 0.1) is 29.5 Å². The summed E-state index contributed by atoms with van der Waals surface area (Å²) in [5, 5.41) is 5.10. The van der Waals surface area contributed by atoms with Gasteiger partial charge in [-0.1, -0.05) is 11.8 Å². The van der Waals surface area contributed by atoms with Gasteiger partial charge in [0, 0.05) is 24.4 Å². The van der Waals surface area contributed by atoms with Crippen LogP contribution >= 0.6 is 11.8 Å². The monoisotopic (exact) mass is 474 g/mol. The molecule has 0 aromatic heterocycles. The summed E-state index contributed by atoms with van der Waals surface area (Å²) in [7, 11) is -3.51. The number of rotatable bonds is 4. The lowest BCUT2D eigenvalue weighted by atomic mass is 10.1. The first kappa shape index (κ1) is 21.3. The average Bonchev–Trinajstić information content (AvgIpc) is 2.85. The third kappa shape index (κ3) is 4.46. The average molecular weight is 475 g/mol. The fourth-order valence-electron chi connectivity index (χ4n) is 3.49. The molecule has 3 aliphatic heterocycles. The molecule has 32 heavy (non-hydrogen) atoms. The summed E-state index contributed by atoms with van der Waals surface area (Å²) in [5.41, 5.74) is 5.48. The molecule has 1 fully saturated rings. The molecule has 168 valence electrons. The lowest BCUT2D eigenvalue weighted by molar-refractivity contribution is 0.0730. The molecule has 0 radical (unpaired) electrons. The van der Waals surface area contributed by atoms with E-state index in [9.17, 15) is 8.42 Å². The number of aliphatic imine (C=N–C) groups is 1. The smallest absolute Gasteiger partial charge is 0.243 e. The van der Waals surface area contributed by atoms with E-state index in [1.54, 1.807) is 24.3 Å². The number of fused-ring (bicyclic) bond motifs is 1. The first-order chi connectivity index (χ1) is 15.6. The van der Waals surface area contributed by atoms with Gasteiger partial charge in [-0.3, -0.25) is 5.43 Å². The molecule has 1 saturated heterocycles. The summed E-state index contributed by atoms with van der Waals surface area (Å²) >= 11 is 1.53. The van der Waals surface area contributed by atoms with Gasteiger partial charge in [-0.15, -0.1) is 0 Å². The molecule has 0 saturated carbocycles. The van der Waals surface area contributed by atoms with Crippen molar-refractivity contribution < 1.29 is 22.6 Å². The van der Waals surface area contributed by atoms with E-state index in [4.69, 9.17) is 14.2 Å². The Hall–Kier alpha value is -2.60. The summed E-state index contributed by atoms with van der Waals surface area (Å²) in [6, 6.07) is 12.4. The minimum Gasteiger partial charge on any atom is -0.486 e. The molecule has 0 aliphatic carbocycles. The molecule has 9 nitrogen and oxygen atoms in total. The Balaban J connectivity index is 1.27. The topological polar surface area (TPSA) is 102 Å². The summed E-state index contributed by atoms with van der Waals surface area (Å²) in [5.74, 6) is 2.13.